The fourth-order valence-electron chi connectivity index (χ4n) is 5.30. The van der Waals surface area contributed by atoms with Gasteiger partial charge in [0.05, 0.1) is 12.0 Å². The van der Waals surface area contributed by atoms with Gasteiger partial charge in [0.25, 0.3) is 0 Å². The first-order valence-corrected chi connectivity index (χ1v) is 14.0. The Morgan fingerprint density at radius 3 is 2.86 bits per heavy atom. The van der Waals surface area contributed by atoms with Crippen molar-refractivity contribution in [2.75, 3.05) is 43.3 Å². The van der Waals surface area contributed by atoms with Gasteiger partial charge < -0.3 is 29.2 Å². The molecule has 10 heteroatoms. The monoisotopic (exact) mass is 524 g/mol. The first kappa shape index (κ1) is 24.1. The largest absolute Gasteiger partial charge is 0.508 e. The Morgan fingerprint density at radius 1 is 1.16 bits per heavy atom. The molecule has 2 aromatic heterocycles. The van der Waals surface area contributed by atoms with Crippen LogP contribution < -0.4 is 19.7 Å². The number of nitrogens with zero attached hydrogens (tertiary/aromatic N) is 3. The van der Waals surface area contributed by atoms with Gasteiger partial charge in [-0.05, 0) is 62.3 Å². The average molecular weight is 525 g/mol. The average Bonchev–Trinajstić information content (AvgIpc) is 3.53. The number of fused-ring (bicyclic) bond motifs is 4. The van der Waals surface area contributed by atoms with Gasteiger partial charge in [0.15, 0.2) is 11.5 Å². The molecule has 1 fully saturated rings. The van der Waals surface area contributed by atoms with Gasteiger partial charge in [0, 0.05) is 37.4 Å². The Hall–Kier alpha value is -3.27. The van der Waals surface area contributed by atoms with Gasteiger partial charge >= 0.3 is 6.16 Å². The van der Waals surface area contributed by atoms with E-state index >= 15 is 0 Å². The lowest BCUT2D eigenvalue weighted by Crippen LogP contribution is -2.39. The maximum Gasteiger partial charge on any atom is 0.508 e. The zero-order valence-corrected chi connectivity index (χ0v) is 21.9. The van der Waals surface area contributed by atoms with Crippen molar-refractivity contribution < 1.29 is 23.7 Å². The summed E-state index contributed by atoms with van der Waals surface area (Å²) in [6.45, 7) is 4.61. The van der Waals surface area contributed by atoms with E-state index in [1.807, 2.05) is 17.4 Å². The number of piperidine rings is 1. The number of ether oxygens (including phenoxy) is 4. The summed E-state index contributed by atoms with van der Waals surface area (Å²) in [4.78, 5) is 26.5. The zero-order chi connectivity index (χ0) is 25.2. The number of carbonyl (C=O) groups is 1. The quantitative estimate of drug-likeness (QED) is 0.424. The highest BCUT2D eigenvalue weighted by Crippen LogP contribution is 2.40. The molecule has 0 spiro atoms. The van der Waals surface area contributed by atoms with Crippen LogP contribution in [0.1, 0.15) is 48.6 Å². The lowest BCUT2D eigenvalue weighted by molar-refractivity contribution is 0.0183. The van der Waals surface area contributed by atoms with Crippen LogP contribution in [0.3, 0.4) is 0 Å². The van der Waals surface area contributed by atoms with Crippen molar-refractivity contribution in [1.82, 2.24) is 9.97 Å². The summed E-state index contributed by atoms with van der Waals surface area (Å²) in [7, 11) is 0. The third-order valence-electron chi connectivity index (χ3n) is 7.20. The molecule has 0 atom stereocenters. The Morgan fingerprint density at radius 2 is 2.00 bits per heavy atom. The van der Waals surface area contributed by atoms with Gasteiger partial charge in [-0.25, -0.2) is 9.78 Å². The van der Waals surface area contributed by atoms with Crippen LogP contribution in [0.15, 0.2) is 18.2 Å². The standard InChI is InChI=1S/C27H32N4O5S/c1-2-33-27(32)36-18-10-13-31(14-11-18)26-29-24(23-19-5-3-4-6-22(19)37-25(23)30-26)28-12-9-17-7-8-20-21(15-17)35-16-34-20/h7-8,15,18H,2-6,9-14,16H2,1H3,(H,28,29,30). The number of aromatic nitrogens is 2. The van der Waals surface area contributed by atoms with Crippen molar-refractivity contribution in [3.8, 4) is 11.5 Å². The van der Waals surface area contributed by atoms with Gasteiger partial charge in [-0.2, -0.15) is 4.98 Å². The molecular formula is C27H32N4O5S. The van der Waals surface area contributed by atoms with E-state index in [0.717, 1.165) is 79.8 Å². The number of benzene rings is 1. The highest BCUT2D eigenvalue weighted by Gasteiger charge is 2.27. The minimum atomic E-state index is -0.586. The fourth-order valence-corrected chi connectivity index (χ4v) is 6.56. The minimum Gasteiger partial charge on any atom is -0.454 e. The molecule has 2 aliphatic heterocycles. The molecule has 9 nitrogen and oxygen atoms in total. The van der Waals surface area contributed by atoms with E-state index in [1.165, 1.54) is 34.2 Å². The maximum absolute atomic E-state index is 11.7. The second-order valence-corrected chi connectivity index (χ2v) is 10.7. The number of thiophene rings is 1. The molecule has 0 amide bonds. The number of nitrogens with one attached hydrogen (secondary N) is 1. The van der Waals surface area contributed by atoms with Gasteiger partial charge in [0.1, 0.15) is 16.8 Å². The van der Waals surface area contributed by atoms with E-state index in [0.29, 0.717) is 6.61 Å². The normalized spacial score (nSPS) is 17.1. The van der Waals surface area contributed by atoms with E-state index in [-0.39, 0.29) is 12.9 Å². The van der Waals surface area contributed by atoms with Crippen LogP contribution in [0.5, 0.6) is 11.5 Å². The smallest absolute Gasteiger partial charge is 0.454 e. The maximum atomic E-state index is 11.7. The van der Waals surface area contributed by atoms with Gasteiger partial charge in [0.2, 0.25) is 12.7 Å². The summed E-state index contributed by atoms with van der Waals surface area (Å²) in [5.41, 5.74) is 2.61. The van der Waals surface area contributed by atoms with Gasteiger partial charge in [-0.3, -0.25) is 0 Å². The number of carbonyl (C=O) groups excluding carboxylic acids is 1. The van der Waals surface area contributed by atoms with E-state index in [4.69, 9.17) is 28.9 Å². The summed E-state index contributed by atoms with van der Waals surface area (Å²) in [5, 5.41) is 4.83. The second kappa shape index (κ2) is 10.6. The van der Waals surface area contributed by atoms with Crippen LogP contribution in [0.4, 0.5) is 16.6 Å². The third kappa shape index (κ3) is 5.12. The van der Waals surface area contributed by atoms with Crippen LogP contribution in [0.2, 0.25) is 0 Å². The SMILES string of the molecule is CCOC(=O)OC1CCN(c2nc(NCCc3ccc4c(c3)OCO4)c3c4c(sc3n2)CCCC4)CC1. The zero-order valence-electron chi connectivity index (χ0n) is 21.1. The Kier molecular flexibility index (Phi) is 6.91. The lowest BCUT2D eigenvalue weighted by Gasteiger charge is -2.31. The molecule has 4 heterocycles. The number of hydrogen-bond acceptors (Lipinski definition) is 10. The molecule has 0 radical (unpaired) electrons. The van der Waals surface area contributed by atoms with Crippen molar-refractivity contribution in [2.24, 2.45) is 0 Å². The molecule has 1 N–H and O–H groups in total. The fraction of sp³-hybridized carbons (Fsp3) is 0.519. The third-order valence-corrected chi connectivity index (χ3v) is 8.38. The first-order valence-electron chi connectivity index (χ1n) is 13.2. The van der Waals surface area contributed by atoms with Crippen LogP contribution in [-0.4, -0.2) is 55.3 Å². The van der Waals surface area contributed by atoms with Crippen LogP contribution >= 0.6 is 11.3 Å². The predicted octanol–water partition coefficient (Wildman–Crippen LogP) is 5.10. The molecule has 3 aromatic rings. The van der Waals surface area contributed by atoms with Crippen molar-refractivity contribution in [1.29, 1.82) is 0 Å². The molecule has 6 rings (SSSR count). The van der Waals surface area contributed by atoms with Crippen LogP contribution in [0.25, 0.3) is 10.2 Å². The number of rotatable bonds is 7. The Labute approximate surface area is 220 Å². The van der Waals surface area contributed by atoms with Crippen molar-refractivity contribution >= 4 is 39.5 Å². The van der Waals surface area contributed by atoms with Crippen molar-refractivity contribution in [2.45, 2.75) is 58.0 Å². The number of hydrogen-bond donors (Lipinski definition) is 1. The minimum absolute atomic E-state index is 0.132. The van der Waals surface area contributed by atoms with E-state index in [1.54, 1.807) is 6.92 Å². The highest BCUT2D eigenvalue weighted by atomic mass is 32.1. The topological polar surface area (TPSA) is 95.0 Å². The molecular weight excluding hydrogens is 492 g/mol. The van der Waals surface area contributed by atoms with Gasteiger partial charge in [-0.1, -0.05) is 6.07 Å². The summed E-state index contributed by atoms with van der Waals surface area (Å²) >= 11 is 1.82. The summed E-state index contributed by atoms with van der Waals surface area (Å²) in [6.07, 6.45) is 6.25. The van der Waals surface area contributed by atoms with E-state index < -0.39 is 6.16 Å². The van der Waals surface area contributed by atoms with E-state index in [9.17, 15) is 4.79 Å². The van der Waals surface area contributed by atoms with Gasteiger partial charge in [-0.15, -0.1) is 11.3 Å². The van der Waals surface area contributed by atoms with Crippen LogP contribution in [-0.2, 0) is 28.7 Å². The molecule has 0 bridgehead atoms. The molecule has 1 aromatic carbocycles. The van der Waals surface area contributed by atoms with Crippen molar-refractivity contribution in [3.63, 3.8) is 0 Å². The Bertz CT molecular complexity index is 1290. The molecule has 0 saturated carbocycles. The predicted molar refractivity (Wildman–Crippen MR) is 142 cm³/mol. The molecule has 37 heavy (non-hydrogen) atoms. The van der Waals surface area contributed by atoms with Crippen LogP contribution in [0, 0.1) is 0 Å². The highest BCUT2D eigenvalue weighted by molar-refractivity contribution is 7.19. The summed E-state index contributed by atoms with van der Waals surface area (Å²) in [6, 6.07) is 6.12. The molecule has 1 saturated heterocycles. The summed E-state index contributed by atoms with van der Waals surface area (Å²) < 4.78 is 21.3. The number of anilines is 2. The lowest BCUT2D eigenvalue weighted by atomic mass is 9.97. The summed E-state index contributed by atoms with van der Waals surface area (Å²) in [5.74, 6) is 3.28. The first-order chi connectivity index (χ1) is 18.2. The van der Waals surface area contributed by atoms with Crippen molar-refractivity contribution in [3.05, 3.63) is 34.2 Å². The molecule has 1 aliphatic carbocycles. The number of aryl methyl sites for hydroxylation is 2. The molecule has 196 valence electrons. The van der Waals surface area contributed by atoms with E-state index in [2.05, 4.69) is 22.3 Å². The molecule has 0 unspecified atom stereocenters. The Balaban J connectivity index is 1.20. The second-order valence-electron chi connectivity index (χ2n) is 9.61. The molecule has 3 aliphatic rings.